The van der Waals surface area contributed by atoms with E-state index in [2.05, 4.69) is 0 Å². The second-order valence-electron chi connectivity index (χ2n) is 4.03. The summed E-state index contributed by atoms with van der Waals surface area (Å²) in [5.41, 5.74) is 0.359. The smallest absolute Gasteiger partial charge is 0.303 e. The molecule has 0 aliphatic carbocycles. The van der Waals surface area contributed by atoms with Gasteiger partial charge in [-0.3, -0.25) is 9.59 Å². The average Bonchev–Trinajstić information content (AvgIpc) is 2.42. The number of benzene rings is 1. The van der Waals surface area contributed by atoms with Crippen molar-refractivity contribution >= 4 is 11.8 Å². The molecular weight excluding hydrogens is 248 g/mol. The van der Waals surface area contributed by atoms with E-state index < -0.39 is 5.97 Å². The van der Waals surface area contributed by atoms with Gasteiger partial charge in [-0.1, -0.05) is 6.92 Å². The van der Waals surface area contributed by atoms with Gasteiger partial charge in [0.15, 0.2) is 5.78 Å². The number of Topliss-reactive ketones (excluding diaryl/α,β-unsaturated/α-hetero) is 1. The van der Waals surface area contributed by atoms with Crippen LogP contribution >= 0.6 is 0 Å². The van der Waals surface area contributed by atoms with Crippen LogP contribution in [0.3, 0.4) is 0 Å². The minimum absolute atomic E-state index is 0.0527. The van der Waals surface area contributed by atoms with E-state index in [4.69, 9.17) is 14.6 Å². The molecule has 0 unspecified atom stereocenters. The lowest BCUT2D eigenvalue weighted by Gasteiger charge is -2.10. The van der Waals surface area contributed by atoms with Gasteiger partial charge in [0.05, 0.1) is 25.7 Å². The number of carbonyl (C=O) groups excluding carboxylic acids is 1. The van der Waals surface area contributed by atoms with Gasteiger partial charge in [0.1, 0.15) is 11.5 Å². The Bertz CT molecular complexity index is 453. The summed E-state index contributed by atoms with van der Waals surface area (Å²) in [6.45, 7) is 2.55. The number of hydrogen-bond acceptors (Lipinski definition) is 4. The summed E-state index contributed by atoms with van der Waals surface area (Å²) in [6.07, 6.45) is 0.624. The normalized spacial score (nSPS) is 10.0. The zero-order valence-electron chi connectivity index (χ0n) is 11.1. The number of methoxy groups -OCH3 is 1. The molecule has 0 aliphatic rings. The summed E-state index contributed by atoms with van der Waals surface area (Å²) in [6, 6.07) is 4.97. The topological polar surface area (TPSA) is 72.8 Å². The Kier molecular flexibility index (Phi) is 5.85. The van der Waals surface area contributed by atoms with E-state index in [1.807, 2.05) is 6.92 Å². The molecule has 0 heterocycles. The molecule has 0 saturated carbocycles. The molecule has 1 rings (SSSR count). The Morgan fingerprint density at radius 3 is 2.58 bits per heavy atom. The maximum absolute atomic E-state index is 12.0. The Morgan fingerprint density at radius 1 is 1.26 bits per heavy atom. The second-order valence-corrected chi connectivity index (χ2v) is 4.03. The minimum Gasteiger partial charge on any atom is -0.496 e. The Hall–Kier alpha value is -2.04. The van der Waals surface area contributed by atoms with Crippen molar-refractivity contribution in [1.82, 2.24) is 0 Å². The Balaban J connectivity index is 2.88. The Labute approximate surface area is 112 Å². The van der Waals surface area contributed by atoms with E-state index >= 15 is 0 Å². The van der Waals surface area contributed by atoms with Crippen molar-refractivity contribution in [2.75, 3.05) is 13.7 Å². The summed E-state index contributed by atoms with van der Waals surface area (Å²) < 4.78 is 10.6. The molecule has 1 aromatic carbocycles. The van der Waals surface area contributed by atoms with Gasteiger partial charge >= 0.3 is 5.97 Å². The van der Waals surface area contributed by atoms with Gasteiger partial charge < -0.3 is 14.6 Å². The van der Waals surface area contributed by atoms with Crippen LogP contribution in [-0.4, -0.2) is 30.6 Å². The van der Waals surface area contributed by atoms with Gasteiger partial charge in [0, 0.05) is 6.42 Å². The van der Waals surface area contributed by atoms with Crippen LogP contribution in [0.1, 0.15) is 36.5 Å². The monoisotopic (exact) mass is 266 g/mol. The fourth-order valence-corrected chi connectivity index (χ4v) is 1.57. The van der Waals surface area contributed by atoms with E-state index in [1.54, 1.807) is 18.2 Å². The molecule has 5 heteroatoms. The van der Waals surface area contributed by atoms with Crippen LogP contribution in [0.25, 0.3) is 0 Å². The number of carboxylic acid groups (broad SMARTS) is 1. The number of rotatable bonds is 8. The van der Waals surface area contributed by atoms with Crippen molar-refractivity contribution in [3.05, 3.63) is 23.8 Å². The molecule has 1 aromatic rings. The third kappa shape index (κ3) is 4.62. The maximum Gasteiger partial charge on any atom is 0.303 e. The maximum atomic E-state index is 12.0. The molecule has 0 spiro atoms. The van der Waals surface area contributed by atoms with E-state index in [0.717, 1.165) is 6.42 Å². The summed E-state index contributed by atoms with van der Waals surface area (Å²) in [5, 5.41) is 8.60. The van der Waals surface area contributed by atoms with Gasteiger partial charge in [-0.25, -0.2) is 0 Å². The SMILES string of the molecule is CCCOc1ccc(OC)c(C(=O)CCC(=O)O)c1. The number of carboxylic acids is 1. The molecule has 0 saturated heterocycles. The first-order valence-electron chi connectivity index (χ1n) is 6.14. The molecule has 0 atom stereocenters. The predicted molar refractivity (Wildman–Crippen MR) is 70.0 cm³/mol. The van der Waals surface area contributed by atoms with Gasteiger partial charge in [0.2, 0.25) is 0 Å². The highest BCUT2D eigenvalue weighted by Gasteiger charge is 2.15. The van der Waals surface area contributed by atoms with E-state index in [9.17, 15) is 9.59 Å². The fraction of sp³-hybridized carbons (Fsp3) is 0.429. The van der Waals surface area contributed by atoms with Crippen LogP contribution in [0.15, 0.2) is 18.2 Å². The number of aliphatic carboxylic acids is 1. The average molecular weight is 266 g/mol. The van der Waals surface area contributed by atoms with Gasteiger partial charge in [-0.05, 0) is 24.6 Å². The van der Waals surface area contributed by atoms with Crippen LogP contribution in [0.5, 0.6) is 11.5 Å². The molecule has 1 N–H and O–H groups in total. The highest BCUT2D eigenvalue weighted by molar-refractivity contribution is 6.00. The predicted octanol–water partition coefficient (Wildman–Crippen LogP) is 2.53. The molecule has 19 heavy (non-hydrogen) atoms. The van der Waals surface area contributed by atoms with Gasteiger partial charge in [0.25, 0.3) is 0 Å². The number of hydrogen-bond donors (Lipinski definition) is 1. The van der Waals surface area contributed by atoms with Crippen LogP contribution in [-0.2, 0) is 4.79 Å². The zero-order chi connectivity index (χ0) is 14.3. The van der Waals surface area contributed by atoms with Crippen molar-refractivity contribution in [3.8, 4) is 11.5 Å². The highest BCUT2D eigenvalue weighted by atomic mass is 16.5. The number of carbonyl (C=O) groups is 2. The zero-order valence-corrected chi connectivity index (χ0v) is 11.1. The third-order valence-electron chi connectivity index (χ3n) is 2.51. The minimum atomic E-state index is -0.995. The van der Waals surface area contributed by atoms with Gasteiger partial charge in [-0.2, -0.15) is 0 Å². The lowest BCUT2D eigenvalue weighted by molar-refractivity contribution is -0.136. The standard InChI is InChI=1S/C14H18O5/c1-3-8-19-10-4-6-13(18-2)11(9-10)12(15)5-7-14(16)17/h4,6,9H,3,5,7-8H2,1-2H3,(H,16,17). The van der Waals surface area contributed by atoms with E-state index in [-0.39, 0.29) is 18.6 Å². The highest BCUT2D eigenvalue weighted by Crippen LogP contribution is 2.25. The van der Waals surface area contributed by atoms with Crippen molar-refractivity contribution in [3.63, 3.8) is 0 Å². The summed E-state index contributed by atoms with van der Waals surface area (Å²) >= 11 is 0. The number of ether oxygens (including phenoxy) is 2. The first-order chi connectivity index (χ1) is 9.08. The molecule has 0 radical (unpaired) electrons. The van der Waals surface area contributed by atoms with Crippen LogP contribution in [0.2, 0.25) is 0 Å². The molecule has 0 fully saturated rings. The third-order valence-corrected chi connectivity index (χ3v) is 2.51. The molecular formula is C14H18O5. The first kappa shape index (κ1) is 15.0. The van der Waals surface area contributed by atoms with Gasteiger partial charge in [-0.15, -0.1) is 0 Å². The lowest BCUT2D eigenvalue weighted by Crippen LogP contribution is -2.06. The van der Waals surface area contributed by atoms with E-state index in [0.29, 0.717) is 23.7 Å². The lowest BCUT2D eigenvalue weighted by atomic mass is 10.1. The summed E-state index contributed by atoms with van der Waals surface area (Å²) in [7, 11) is 1.47. The van der Waals surface area contributed by atoms with Crippen LogP contribution < -0.4 is 9.47 Å². The van der Waals surface area contributed by atoms with Crippen LogP contribution in [0, 0.1) is 0 Å². The van der Waals surface area contributed by atoms with Crippen molar-refractivity contribution < 1.29 is 24.2 Å². The largest absolute Gasteiger partial charge is 0.496 e. The quantitative estimate of drug-likeness (QED) is 0.732. The number of ketones is 1. The molecule has 5 nitrogen and oxygen atoms in total. The summed E-state index contributed by atoms with van der Waals surface area (Å²) in [4.78, 5) is 22.4. The second kappa shape index (κ2) is 7.41. The van der Waals surface area contributed by atoms with E-state index in [1.165, 1.54) is 7.11 Å². The summed E-state index contributed by atoms with van der Waals surface area (Å²) in [5.74, 6) is -0.243. The fourth-order valence-electron chi connectivity index (χ4n) is 1.57. The van der Waals surface area contributed by atoms with Crippen molar-refractivity contribution in [2.24, 2.45) is 0 Å². The first-order valence-corrected chi connectivity index (χ1v) is 6.14. The molecule has 0 aromatic heterocycles. The molecule has 0 bridgehead atoms. The molecule has 0 amide bonds. The molecule has 0 aliphatic heterocycles. The molecule has 104 valence electrons. The Morgan fingerprint density at radius 2 is 2.00 bits per heavy atom. The van der Waals surface area contributed by atoms with Crippen molar-refractivity contribution in [1.29, 1.82) is 0 Å². The van der Waals surface area contributed by atoms with Crippen LogP contribution in [0.4, 0.5) is 0 Å². The van der Waals surface area contributed by atoms with Crippen molar-refractivity contribution in [2.45, 2.75) is 26.2 Å².